The number of carbonyl (C=O) groups excluding carboxylic acids is 1. The molecular formula is C21H20N4O3. The molecule has 1 unspecified atom stereocenters. The van der Waals surface area contributed by atoms with Crippen molar-refractivity contribution in [2.45, 2.75) is 19.4 Å². The minimum absolute atomic E-state index is 0.0903. The summed E-state index contributed by atoms with van der Waals surface area (Å²) in [6.45, 7) is 2.21. The fourth-order valence-corrected chi connectivity index (χ4v) is 3.44. The van der Waals surface area contributed by atoms with E-state index in [1.807, 2.05) is 37.4 Å². The van der Waals surface area contributed by atoms with Crippen molar-refractivity contribution < 1.29 is 4.79 Å². The van der Waals surface area contributed by atoms with Gasteiger partial charge in [-0.05, 0) is 23.8 Å². The van der Waals surface area contributed by atoms with E-state index in [1.54, 1.807) is 24.3 Å². The zero-order valence-corrected chi connectivity index (χ0v) is 15.4. The van der Waals surface area contributed by atoms with Gasteiger partial charge in [-0.1, -0.05) is 37.3 Å². The Balaban J connectivity index is 1.48. The summed E-state index contributed by atoms with van der Waals surface area (Å²) in [7, 11) is 0. The van der Waals surface area contributed by atoms with E-state index in [2.05, 4.69) is 15.4 Å². The summed E-state index contributed by atoms with van der Waals surface area (Å²) in [6, 6.07) is 14.6. The third-order valence-electron chi connectivity index (χ3n) is 4.94. The zero-order valence-electron chi connectivity index (χ0n) is 15.4. The van der Waals surface area contributed by atoms with Gasteiger partial charge in [-0.2, -0.15) is 0 Å². The normalized spacial score (nSPS) is 12.3. The molecular weight excluding hydrogens is 356 g/mol. The fraction of sp³-hybridized carbons (Fsp3) is 0.190. The average molecular weight is 376 g/mol. The van der Waals surface area contributed by atoms with E-state index in [9.17, 15) is 14.4 Å². The van der Waals surface area contributed by atoms with E-state index in [0.717, 1.165) is 21.1 Å². The molecule has 0 fully saturated rings. The first-order chi connectivity index (χ1) is 13.5. The van der Waals surface area contributed by atoms with Gasteiger partial charge in [-0.25, -0.2) is 4.68 Å². The number of para-hydroxylation sites is 1. The van der Waals surface area contributed by atoms with Gasteiger partial charge in [0.05, 0.1) is 10.8 Å². The van der Waals surface area contributed by atoms with Crippen molar-refractivity contribution in [3.05, 3.63) is 81.0 Å². The van der Waals surface area contributed by atoms with E-state index in [0.29, 0.717) is 17.3 Å². The van der Waals surface area contributed by atoms with Gasteiger partial charge in [-0.15, -0.1) is 0 Å². The number of nitrogens with zero attached hydrogens (tertiary/aromatic N) is 1. The SMILES string of the molecule is CC(CNC(=O)Cn1[nH]c(=O)c2ccccc2c1=O)c1c[nH]c2ccccc12. The topological polar surface area (TPSA) is 99.8 Å². The highest BCUT2D eigenvalue weighted by molar-refractivity contribution is 5.84. The molecule has 0 aliphatic rings. The Bertz CT molecular complexity index is 1280. The Morgan fingerprint density at radius 3 is 2.50 bits per heavy atom. The van der Waals surface area contributed by atoms with Crippen molar-refractivity contribution in [1.82, 2.24) is 20.1 Å². The van der Waals surface area contributed by atoms with Crippen LogP contribution in [0.25, 0.3) is 21.7 Å². The second-order valence-electron chi connectivity index (χ2n) is 6.87. The maximum Gasteiger partial charge on any atom is 0.273 e. The van der Waals surface area contributed by atoms with Crippen molar-refractivity contribution in [2.75, 3.05) is 6.54 Å². The van der Waals surface area contributed by atoms with Crippen LogP contribution in [-0.2, 0) is 11.3 Å². The molecule has 3 N–H and O–H groups in total. The van der Waals surface area contributed by atoms with Crippen molar-refractivity contribution in [3.8, 4) is 0 Å². The second kappa shape index (κ2) is 7.19. The summed E-state index contributed by atoms with van der Waals surface area (Å²) in [5, 5.41) is 7.05. The lowest BCUT2D eigenvalue weighted by Gasteiger charge is -2.13. The third-order valence-corrected chi connectivity index (χ3v) is 4.94. The van der Waals surface area contributed by atoms with E-state index < -0.39 is 11.1 Å². The lowest BCUT2D eigenvalue weighted by Crippen LogP contribution is -2.37. The third kappa shape index (κ3) is 3.22. The highest BCUT2D eigenvalue weighted by Crippen LogP contribution is 2.24. The second-order valence-corrected chi connectivity index (χ2v) is 6.87. The van der Waals surface area contributed by atoms with Crippen molar-refractivity contribution in [2.24, 2.45) is 0 Å². The molecule has 0 aliphatic carbocycles. The van der Waals surface area contributed by atoms with Crippen LogP contribution in [0.2, 0.25) is 0 Å². The Labute approximate surface area is 160 Å². The zero-order chi connectivity index (χ0) is 19.7. The predicted octanol–water partition coefficient (Wildman–Crippen LogP) is 2.09. The number of aromatic nitrogens is 3. The molecule has 0 saturated heterocycles. The number of hydrogen-bond acceptors (Lipinski definition) is 3. The molecule has 2 heterocycles. The highest BCUT2D eigenvalue weighted by atomic mass is 16.2. The van der Waals surface area contributed by atoms with Gasteiger partial charge in [0.25, 0.3) is 11.1 Å². The number of amides is 1. The molecule has 0 bridgehead atoms. The number of H-pyrrole nitrogens is 2. The van der Waals surface area contributed by atoms with E-state index >= 15 is 0 Å². The van der Waals surface area contributed by atoms with Crippen LogP contribution < -0.4 is 16.4 Å². The van der Waals surface area contributed by atoms with Crippen LogP contribution in [0.15, 0.2) is 64.3 Å². The molecule has 0 radical (unpaired) electrons. The van der Waals surface area contributed by atoms with Gasteiger partial charge in [0.2, 0.25) is 5.91 Å². The van der Waals surface area contributed by atoms with Crippen LogP contribution in [0.5, 0.6) is 0 Å². The largest absolute Gasteiger partial charge is 0.361 e. The van der Waals surface area contributed by atoms with E-state index in [4.69, 9.17) is 0 Å². The Hall–Kier alpha value is -3.61. The maximum atomic E-state index is 12.5. The number of fused-ring (bicyclic) bond motifs is 2. The number of carbonyl (C=O) groups is 1. The molecule has 1 amide bonds. The van der Waals surface area contributed by atoms with Crippen molar-refractivity contribution in [1.29, 1.82) is 0 Å². The molecule has 0 aliphatic heterocycles. The molecule has 4 rings (SSSR count). The van der Waals surface area contributed by atoms with Gasteiger partial charge >= 0.3 is 0 Å². The van der Waals surface area contributed by atoms with Crippen LogP contribution in [0, 0.1) is 0 Å². The Morgan fingerprint density at radius 1 is 1.04 bits per heavy atom. The number of rotatable bonds is 5. The highest BCUT2D eigenvalue weighted by Gasteiger charge is 2.14. The van der Waals surface area contributed by atoms with Gasteiger partial charge in [-0.3, -0.25) is 19.5 Å². The van der Waals surface area contributed by atoms with Crippen LogP contribution in [0.3, 0.4) is 0 Å². The first kappa shape index (κ1) is 17.8. The molecule has 0 saturated carbocycles. The van der Waals surface area contributed by atoms with Crippen LogP contribution in [0.1, 0.15) is 18.4 Å². The van der Waals surface area contributed by atoms with Crippen LogP contribution in [0.4, 0.5) is 0 Å². The van der Waals surface area contributed by atoms with Crippen LogP contribution >= 0.6 is 0 Å². The number of nitrogens with one attached hydrogen (secondary N) is 3. The molecule has 4 aromatic rings. The van der Waals surface area contributed by atoms with Gasteiger partial charge in [0, 0.05) is 29.6 Å². The summed E-state index contributed by atoms with van der Waals surface area (Å²) in [5.41, 5.74) is 1.38. The molecule has 142 valence electrons. The molecule has 0 spiro atoms. The minimum Gasteiger partial charge on any atom is -0.361 e. The lowest BCUT2D eigenvalue weighted by atomic mass is 10.0. The fourth-order valence-electron chi connectivity index (χ4n) is 3.44. The first-order valence-corrected chi connectivity index (χ1v) is 9.09. The van der Waals surface area contributed by atoms with Gasteiger partial charge < -0.3 is 10.3 Å². The average Bonchev–Trinajstić information content (AvgIpc) is 3.14. The summed E-state index contributed by atoms with van der Waals surface area (Å²) in [5.74, 6) is -0.243. The van der Waals surface area contributed by atoms with Crippen molar-refractivity contribution in [3.63, 3.8) is 0 Å². The quantitative estimate of drug-likeness (QED) is 0.497. The Kier molecular flexibility index (Phi) is 4.57. The summed E-state index contributed by atoms with van der Waals surface area (Å²) >= 11 is 0. The lowest BCUT2D eigenvalue weighted by molar-refractivity contribution is -0.121. The smallest absolute Gasteiger partial charge is 0.273 e. The summed E-state index contributed by atoms with van der Waals surface area (Å²) < 4.78 is 1.05. The predicted molar refractivity (Wildman–Crippen MR) is 109 cm³/mol. The molecule has 1 atom stereocenters. The summed E-state index contributed by atoms with van der Waals surface area (Å²) in [4.78, 5) is 40.2. The number of hydrogen-bond donors (Lipinski definition) is 3. The molecule has 7 nitrogen and oxygen atoms in total. The molecule has 2 aromatic carbocycles. The standard InChI is InChI=1S/C21H20N4O3/c1-13(17-11-22-18-9-5-4-6-14(17)18)10-23-19(26)12-25-21(28)16-8-3-2-7-15(16)20(27)24-25/h2-9,11,13,22H,10,12H2,1H3,(H,23,26)(H,24,27). The van der Waals surface area contributed by atoms with Crippen molar-refractivity contribution >= 4 is 27.6 Å². The molecule has 28 heavy (non-hydrogen) atoms. The van der Waals surface area contributed by atoms with Gasteiger partial charge in [0.1, 0.15) is 6.54 Å². The van der Waals surface area contributed by atoms with Crippen LogP contribution in [-0.4, -0.2) is 27.2 Å². The first-order valence-electron chi connectivity index (χ1n) is 9.09. The molecule has 7 heteroatoms. The summed E-state index contributed by atoms with van der Waals surface area (Å²) in [6.07, 6.45) is 1.95. The number of aromatic amines is 2. The van der Waals surface area contributed by atoms with E-state index in [1.165, 1.54) is 0 Å². The monoisotopic (exact) mass is 376 g/mol. The molecule has 2 aromatic heterocycles. The van der Waals surface area contributed by atoms with Gasteiger partial charge in [0.15, 0.2) is 0 Å². The Morgan fingerprint density at radius 2 is 1.71 bits per heavy atom. The minimum atomic E-state index is -0.393. The van der Waals surface area contributed by atoms with E-state index in [-0.39, 0.29) is 18.4 Å². The number of benzene rings is 2. The maximum absolute atomic E-state index is 12.5.